The lowest BCUT2D eigenvalue weighted by molar-refractivity contribution is -0.143. The van der Waals surface area contributed by atoms with Crippen LogP contribution in [-0.4, -0.2) is 29.3 Å². The summed E-state index contributed by atoms with van der Waals surface area (Å²) in [4.78, 5) is 24.1. The van der Waals surface area contributed by atoms with Crippen molar-refractivity contribution in [3.05, 3.63) is 34.9 Å². The first kappa shape index (κ1) is 14.2. The second-order valence-electron chi connectivity index (χ2n) is 5.14. The summed E-state index contributed by atoms with van der Waals surface area (Å²) in [6.45, 7) is 5.59. The standard InChI is InChI=1S/C15H17NO4/c1-4-20-12(17)8-15(3)11-6-5-9(2)7-10(11)13(18)14(15)16-19/h5-7,19H,4,8H2,1-3H3/b16-14-. The molecule has 1 aromatic rings. The number of carbonyl (C=O) groups excluding carboxylic acids is 2. The Morgan fingerprint density at radius 3 is 2.75 bits per heavy atom. The van der Waals surface area contributed by atoms with Gasteiger partial charge in [-0.1, -0.05) is 22.9 Å². The van der Waals surface area contributed by atoms with Crippen molar-refractivity contribution in [2.24, 2.45) is 5.16 Å². The topological polar surface area (TPSA) is 76.0 Å². The molecule has 1 atom stereocenters. The molecule has 1 N–H and O–H groups in total. The van der Waals surface area contributed by atoms with E-state index in [9.17, 15) is 14.8 Å². The second-order valence-corrected chi connectivity index (χ2v) is 5.14. The van der Waals surface area contributed by atoms with Crippen molar-refractivity contribution in [3.63, 3.8) is 0 Å². The van der Waals surface area contributed by atoms with Gasteiger partial charge < -0.3 is 9.94 Å². The third-order valence-electron chi connectivity index (χ3n) is 3.66. The summed E-state index contributed by atoms with van der Waals surface area (Å²) in [5.41, 5.74) is 1.18. The van der Waals surface area contributed by atoms with Crippen LogP contribution in [-0.2, 0) is 14.9 Å². The monoisotopic (exact) mass is 275 g/mol. The quantitative estimate of drug-likeness (QED) is 0.521. The number of benzene rings is 1. The average Bonchev–Trinajstić information content (AvgIpc) is 2.57. The van der Waals surface area contributed by atoms with Crippen LogP contribution in [0.1, 0.15) is 41.8 Å². The lowest BCUT2D eigenvalue weighted by atomic mass is 9.79. The molecule has 0 radical (unpaired) electrons. The predicted molar refractivity (Wildman–Crippen MR) is 73.3 cm³/mol. The van der Waals surface area contributed by atoms with E-state index in [0.717, 1.165) is 5.56 Å². The lowest BCUT2D eigenvalue weighted by Gasteiger charge is -2.23. The summed E-state index contributed by atoms with van der Waals surface area (Å²) in [5, 5.41) is 12.3. The molecule has 1 aliphatic rings. The van der Waals surface area contributed by atoms with Gasteiger partial charge >= 0.3 is 5.97 Å². The molecule has 0 bridgehead atoms. The highest BCUT2D eigenvalue weighted by Crippen LogP contribution is 2.40. The van der Waals surface area contributed by atoms with Gasteiger partial charge in [-0.05, 0) is 32.4 Å². The number of fused-ring (bicyclic) bond motifs is 1. The number of ketones is 1. The Morgan fingerprint density at radius 1 is 1.45 bits per heavy atom. The second kappa shape index (κ2) is 5.07. The molecule has 0 spiro atoms. The van der Waals surface area contributed by atoms with Crippen molar-refractivity contribution in [1.82, 2.24) is 0 Å². The lowest BCUT2D eigenvalue weighted by Crippen LogP contribution is -2.34. The van der Waals surface area contributed by atoms with Gasteiger partial charge in [0.1, 0.15) is 5.71 Å². The minimum atomic E-state index is -0.943. The number of ether oxygens (including phenoxy) is 1. The molecular weight excluding hydrogens is 258 g/mol. The van der Waals surface area contributed by atoms with E-state index in [-0.39, 0.29) is 24.5 Å². The number of hydrogen-bond acceptors (Lipinski definition) is 5. The number of aryl methyl sites for hydroxylation is 1. The van der Waals surface area contributed by atoms with Crippen molar-refractivity contribution < 1.29 is 19.5 Å². The van der Waals surface area contributed by atoms with Crippen molar-refractivity contribution in [3.8, 4) is 0 Å². The Balaban J connectivity index is 2.52. The van der Waals surface area contributed by atoms with Crippen LogP contribution < -0.4 is 0 Å². The summed E-state index contributed by atoms with van der Waals surface area (Å²) in [6, 6.07) is 5.43. The van der Waals surface area contributed by atoms with E-state index >= 15 is 0 Å². The molecule has 1 aromatic carbocycles. The Bertz CT molecular complexity index is 606. The molecule has 0 amide bonds. The van der Waals surface area contributed by atoms with Gasteiger partial charge in [0, 0.05) is 5.56 Å². The third-order valence-corrected chi connectivity index (χ3v) is 3.66. The minimum Gasteiger partial charge on any atom is -0.466 e. The van der Waals surface area contributed by atoms with Crippen molar-refractivity contribution in [2.45, 2.75) is 32.6 Å². The summed E-state index contributed by atoms with van der Waals surface area (Å²) in [6.07, 6.45) is -0.0258. The Morgan fingerprint density at radius 2 is 2.15 bits per heavy atom. The number of carbonyl (C=O) groups is 2. The van der Waals surface area contributed by atoms with Gasteiger partial charge in [-0.25, -0.2) is 0 Å². The maximum Gasteiger partial charge on any atom is 0.307 e. The maximum atomic E-state index is 12.3. The zero-order valence-corrected chi connectivity index (χ0v) is 11.8. The fourth-order valence-electron chi connectivity index (χ4n) is 2.67. The van der Waals surface area contributed by atoms with Crippen LogP contribution in [0.5, 0.6) is 0 Å². The molecule has 1 aliphatic carbocycles. The van der Waals surface area contributed by atoms with Crippen LogP contribution in [0.2, 0.25) is 0 Å². The van der Waals surface area contributed by atoms with Gasteiger partial charge in [-0.3, -0.25) is 9.59 Å². The number of rotatable bonds is 3. The molecule has 0 saturated carbocycles. The van der Waals surface area contributed by atoms with Gasteiger partial charge in [0.2, 0.25) is 5.78 Å². The highest BCUT2D eigenvalue weighted by molar-refractivity contribution is 6.52. The fourth-order valence-corrected chi connectivity index (χ4v) is 2.67. The van der Waals surface area contributed by atoms with Gasteiger partial charge in [0.15, 0.2) is 0 Å². The van der Waals surface area contributed by atoms with Crippen LogP contribution in [0.4, 0.5) is 0 Å². The first-order valence-corrected chi connectivity index (χ1v) is 6.48. The van der Waals surface area contributed by atoms with E-state index in [2.05, 4.69) is 5.16 Å². The molecule has 106 valence electrons. The zero-order chi connectivity index (χ0) is 14.9. The number of nitrogens with zero attached hydrogens (tertiary/aromatic N) is 1. The first-order chi connectivity index (χ1) is 9.43. The summed E-state index contributed by atoms with van der Waals surface area (Å²) >= 11 is 0. The Hall–Kier alpha value is -2.17. The van der Waals surface area contributed by atoms with Gasteiger partial charge in [0.05, 0.1) is 18.4 Å². The van der Waals surface area contributed by atoms with Crippen molar-refractivity contribution in [2.75, 3.05) is 6.61 Å². The molecule has 0 fully saturated rings. The Kier molecular flexibility index (Phi) is 3.61. The fraction of sp³-hybridized carbons (Fsp3) is 0.400. The molecule has 0 aromatic heterocycles. The summed E-state index contributed by atoms with van der Waals surface area (Å²) < 4.78 is 4.95. The van der Waals surface area contributed by atoms with Crippen LogP contribution in [0.15, 0.2) is 23.4 Å². The molecule has 20 heavy (non-hydrogen) atoms. The van der Waals surface area contributed by atoms with Crippen LogP contribution in [0.3, 0.4) is 0 Å². The highest BCUT2D eigenvalue weighted by atomic mass is 16.5. The maximum absolute atomic E-state index is 12.3. The van der Waals surface area contributed by atoms with Crippen molar-refractivity contribution >= 4 is 17.5 Å². The van der Waals surface area contributed by atoms with Crippen LogP contribution in [0, 0.1) is 6.92 Å². The van der Waals surface area contributed by atoms with Crippen LogP contribution >= 0.6 is 0 Å². The van der Waals surface area contributed by atoms with Crippen LogP contribution in [0.25, 0.3) is 0 Å². The van der Waals surface area contributed by atoms with E-state index in [1.807, 2.05) is 13.0 Å². The summed E-state index contributed by atoms with van der Waals surface area (Å²) in [7, 11) is 0. The van der Waals surface area contributed by atoms with E-state index in [4.69, 9.17) is 4.74 Å². The average molecular weight is 275 g/mol. The third kappa shape index (κ3) is 2.09. The van der Waals surface area contributed by atoms with Crippen molar-refractivity contribution in [1.29, 1.82) is 0 Å². The Labute approximate surface area is 117 Å². The molecule has 2 rings (SSSR count). The zero-order valence-electron chi connectivity index (χ0n) is 11.8. The smallest absolute Gasteiger partial charge is 0.307 e. The number of Topliss-reactive ketones (excluding diaryl/α,β-unsaturated/α-hetero) is 1. The first-order valence-electron chi connectivity index (χ1n) is 6.48. The largest absolute Gasteiger partial charge is 0.466 e. The minimum absolute atomic E-state index is 0.00819. The van der Waals surface area contributed by atoms with E-state index in [1.165, 1.54) is 0 Å². The number of esters is 1. The van der Waals surface area contributed by atoms with Gasteiger partial charge in [-0.15, -0.1) is 0 Å². The normalized spacial score (nSPS) is 22.9. The molecule has 5 heteroatoms. The number of oxime groups is 1. The van der Waals surface area contributed by atoms with Gasteiger partial charge in [0.25, 0.3) is 0 Å². The highest BCUT2D eigenvalue weighted by Gasteiger charge is 2.48. The molecule has 0 saturated heterocycles. The summed E-state index contributed by atoms with van der Waals surface area (Å²) in [5.74, 6) is -0.754. The van der Waals surface area contributed by atoms with E-state index < -0.39 is 11.4 Å². The number of hydrogen-bond donors (Lipinski definition) is 1. The van der Waals surface area contributed by atoms with E-state index in [1.54, 1.807) is 26.0 Å². The van der Waals surface area contributed by atoms with E-state index in [0.29, 0.717) is 11.1 Å². The van der Waals surface area contributed by atoms with Gasteiger partial charge in [-0.2, -0.15) is 0 Å². The molecule has 1 unspecified atom stereocenters. The molecule has 0 heterocycles. The molecule has 5 nitrogen and oxygen atoms in total. The molecule has 0 aliphatic heterocycles. The molecular formula is C15H17NO4. The predicted octanol–water partition coefficient (Wildman–Crippen LogP) is 2.23. The SMILES string of the molecule is CCOC(=O)CC1(C)/C(=N\O)C(=O)c2cc(C)ccc21.